The predicted octanol–water partition coefficient (Wildman–Crippen LogP) is 2.76. The number of benzene rings is 1. The van der Waals surface area contributed by atoms with Crippen LogP contribution in [0.15, 0.2) is 24.3 Å². The maximum Gasteiger partial charge on any atom is 0.313 e. The van der Waals surface area contributed by atoms with Crippen molar-refractivity contribution in [1.82, 2.24) is 0 Å². The molecule has 0 radical (unpaired) electrons. The van der Waals surface area contributed by atoms with Crippen LogP contribution in [0, 0.1) is 0 Å². The van der Waals surface area contributed by atoms with Gasteiger partial charge in [-0.15, -0.1) is 11.3 Å². The Labute approximate surface area is 97.8 Å². The normalized spacial score (nSPS) is 12.6. The van der Waals surface area contributed by atoms with Gasteiger partial charge < -0.3 is 10.5 Å². The zero-order valence-electron chi connectivity index (χ0n) is 9.19. The second-order valence-corrected chi connectivity index (χ2v) is 4.70. The summed E-state index contributed by atoms with van der Waals surface area (Å²) in [4.78, 5) is 12.4. The minimum atomic E-state index is -0.303. The van der Waals surface area contributed by atoms with Crippen molar-refractivity contribution in [2.75, 3.05) is 12.8 Å². The van der Waals surface area contributed by atoms with E-state index in [0.717, 1.165) is 15.0 Å². The van der Waals surface area contributed by atoms with Crippen LogP contribution >= 0.6 is 11.3 Å². The Kier molecular flexibility index (Phi) is 2.83. The van der Waals surface area contributed by atoms with Gasteiger partial charge in [-0.1, -0.05) is 18.2 Å². The van der Waals surface area contributed by atoms with E-state index in [1.807, 2.05) is 31.2 Å². The van der Waals surface area contributed by atoms with Gasteiger partial charge in [-0.2, -0.15) is 0 Å². The van der Waals surface area contributed by atoms with Gasteiger partial charge in [0.1, 0.15) is 0 Å². The fraction of sp³-hybridized carbons (Fsp3) is 0.250. The van der Waals surface area contributed by atoms with Crippen LogP contribution in [-0.2, 0) is 9.53 Å². The van der Waals surface area contributed by atoms with Crippen molar-refractivity contribution >= 4 is 33.1 Å². The molecule has 0 aliphatic rings. The monoisotopic (exact) mass is 235 g/mol. The Morgan fingerprint density at radius 2 is 2.12 bits per heavy atom. The maximum atomic E-state index is 11.5. The Balaban J connectivity index is 2.53. The molecule has 0 aliphatic carbocycles. The first kappa shape index (κ1) is 11.0. The minimum Gasteiger partial charge on any atom is -0.469 e. The number of anilines is 1. The smallest absolute Gasteiger partial charge is 0.313 e. The Bertz CT molecular complexity index is 533. The number of carbonyl (C=O) groups is 1. The van der Waals surface area contributed by atoms with Crippen molar-refractivity contribution in [3.63, 3.8) is 0 Å². The number of thiophene rings is 1. The van der Waals surface area contributed by atoms with Gasteiger partial charge in [0.15, 0.2) is 0 Å². The van der Waals surface area contributed by atoms with Crippen molar-refractivity contribution in [1.29, 1.82) is 0 Å². The zero-order chi connectivity index (χ0) is 11.7. The maximum absolute atomic E-state index is 11.5. The van der Waals surface area contributed by atoms with Crippen molar-refractivity contribution in [2.24, 2.45) is 0 Å². The molecule has 0 saturated carbocycles. The van der Waals surface area contributed by atoms with Crippen LogP contribution in [0.25, 0.3) is 10.1 Å². The van der Waals surface area contributed by atoms with Gasteiger partial charge in [-0.05, 0) is 13.0 Å². The largest absolute Gasteiger partial charge is 0.469 e. The highest BCUT2D eigenvalue weighted by Gasteiger charge is 2.21. The SMILES string of the molecule is COC(=O)[C@@H](C)c1sc2ccccc2c1N. The molecule has 4 heteroatoms. The summed E-state index contributed by atoms with van der Waals surface area (Å²) >= 11 is 1.55. The number of esters is 1. The van der Waals surface area contributed by atoms with E-state index in [0.29, 0.717) is 5.69 Å². The first-order valence-electron chi connectivity index (χ1n) is 5.00. The van der Waals surface area contributed by atoms with Crippen LogP contribution in [0.4, 0.5) is 5.69 Å². The molecule has 0 bridgehead atoms. The average molecular weight is 235 g/mol. The number of rotatable bonds is 2. The fourth-order valence-corrected chi connectivity index (χ4v) is 2.85. The fourth-order valence-electron chi connectivity index (χ4n) is 1.69. The van der Waals surface area contributed by atoms with Gasteiger partial charge >= 0.3 is 5.97 Å². The van der Waals surface area contributed by atoms with Gasteiger partial charge in [0.25, 0.3) is 0 Å². The molecule has 2 aromatic rings. The molecule has 0 fully saturated rings. The topological polar surface area (TPSA) is 52.3 Å². The lowest BCUT2D eigenvalue weighted by atomic mass is 10.1. The van der Waals surface area contributed by atoms with Crippen molar-refractivity contribution in [3.8, 4) is 0 Å². The summed E-state index contributed by atoms with van der Waals surface area (Å²) in [5.74, 6) is -0.555. The Morgan fingerprint density at radius 3 is 2.75 bits per heavy atom. The average Bonchev–Trinajstić information content (AvgIpc) is 2.65. The predicted molar refractivity (Wildman–Crippen MR) is 66.7 cm³/mol. The minimum absolute atomic E-state index is 0.252. The van der Waals surface area contributed by atoms with Crippen molar-refractivity contribution in [3.05, 3.63) is 29.1 Å². The molecule has 1 atom stereocenters. The number of hydrogen-bond donors (Lipinski definition) is 1. The molecule has 1 heterocycles. The van der Waals surface area contributed by atoms with Crippen molar-refractivity contribution < 1.29 is 9.53 Å². The highest BCUT2D eigenvalue weighted by Crippen LogP contribution is 2.38. The molecule has 2 rings (SSSR count). The summed E-state index contributed by atoms with van der Waals surface area (Å²) in [6, 6.07) is 7.88. The van der Waals surface area contributed by atoms with Gasteiger partial charge in [0.05, 0.1) is 18.7 Å². The van der Waals surface area contributed by atoms with E-state index in [-0.39, 0.29) is 11.9 Å². The second-order valence-electron chi connectivity index (χ2n) is 3.62. The lowest BCUT2D eigenvalue weighted by Gasteiger charge is -2.07. The molecule has 0 unspecified atom stereocenters. The van der Waals surface area contributed by atoms with Crippen LogP contribution in [-0.4, -0.2) is 13.1 Å². The number of fused-ring (bicyclic) bond motifs is 1. The van der Waals surface area contributed by atoms with E-state index in [9.17, 15) is 4.79 Å². The van der Waals surface area contributed by atoms with Crippen LogP contribution in [0.3, 0.4) is 0 Å². The van der Waals surface area contributed by atoms with Crippen LogP contribution in [0.5, 0.6) is 0 Å². The third-order valence-electron chi connectivity index (χ3n) is 2.61. The molecule has 0 spiro atoms. The molecule has 16 heavy (non-hydrogen) atoms. The number of methoxy groups -OCH3 is 1. The third kappa shape index (κ3) is 1.65. The summed E-state index contributed by atoms with van der Waals surface area (Å²) in [6.07, 6.45) is 0. The number of carbonyl (C=O) groups excluding carboxylic acids is 1. The molecule has 3 nitrogen and oxygen atoms in total. The Hall–Kier alpha value is -1.55. The molecule has 0 aliphatic heterocycles. The lowest BCUT2D eigenvalue weighted by Crippen LogP contribution is -2.10. The number of nitrogen functional groups attached to an aromatic ring is 1. The summed E-state index contributed by atoms with van der Waals surface area (Å²) in [7, 11) is 1.39. The van der Waals surface area contributed by atoms with Crippen LogP contribution in [0.2, 0.25) is 0 Å². The standard InChI is InChI=1S/C12H13NO2S/c1-7(12(14)15-2)11-10(13)8-5-3-4-6-9(8)16-11/h3-7H,13H2,1-2H3/t7-/m0/s1. The van der Waals surface area contributed by atoms with E-state index in [2.05, 4.69) is 0 Å². The van der Waals surface area contributed by atoms with Gasteiger partial charge in [-0.25, -0.2) is 0 Å². The molecule has 0 saturated heterocycles. The third-order valence-corrected chi connectivity index (χ3v) is 3.98. The Morgan fingerprint density at radius 1 is 1.44 bits per heavy atom. The first-order chi connectivity index (χ1) is 7.65. The lowest BCUT2D eigenvalue weighted by molar-refractivity contribution is -0.141. The molecule has 84 valence electrons. The van der Waals surface area contributed by atoms with Gasteiger partial charge in [0, 0.05) is 15.0 Å². The summed E-state index contributed by atoms with van der Waals surface area (Å²) in [5, 5.41) is 1.01. The van der Waals surface area contributed by atoms with Crippen molar-refractivity contribution in [2.45, 2.75) is 12.8 Å². The summed E-state index contributed by atoms with van der Waals surface area (Å²) in [5.41, 5.74) is 6.73. The highest BCUT2D eigenvalue weighted by atomic mass is 32.1. The van der Waals surface area contributed by atoms with E-state index in [4.69, 9.17) is 10.5 Å². The van der Waals surface area contributed by atoms with Gasteiger partial charge in [0.2, 0.25) is 0 Å². The molecule has 2 N–H and O–H groups in total. The van der Waals surface area contributed by atoms with Gasteiger partial charge in [-0.3, -0.25) is 4.79 Å². The first-order valence-corrected chi connectivity index (χ1v) is 5.81. The summed E-state index contributed by atoms with van der Waals surface area (Å²) < 4.78 is 5.83. The number of nitrogens with two attached hydrogens (primary N) is 1. The molecule has 1 aromatic heterocycles. The highest BCUT2D eigenvalue weighted by molar-refractivity contribution is 7.20. The quantitative estimate of drug-likeness (QED) is 0.814. The van der Waals surface area contributed by atoms with E-state index >= 15 is 0 Å². The zero-order valence-corrected chi connectivity index (χ0v) is 10.0. The summed E-state index contributed by atoms with van der Waals surface area (Å²) in [6.45, 7) is 1.81. The molecular formula is C12H13NO2S. The molecular weight excluding hydrogens is 222 g/mol. The molecule has 0 amide bonds. The van der Waals surface area contributed by atoms with Crippen LogP contribution < -0.4 is 5.73 Å². The van der Waals surface area contributed by atoms with E-state index < -0.39 is 0 Å². The van der Waals surface area contributed by atoms with E-state index in [1.165, 1.54) is 7.11 Å². The number of ether oxygens (including phenoxy) is 1. The van der Waals surface area contributed by atoms with Crippen LogP contribution in [0.1, 0.15) is 17.7 Å². The second kappa shape index (κ2) is 4.14. The van der Waals surface area contributed by atoms with E-state index in [1.54, 1.807) is 11.3 Å². The number of hydrogen-bond acceptors (Lipinski definition) is 4. The molecule has 1 aromatic carbocycles.